The van der Waals surface area contributed by atoms with Gasteiger partial charge in [0, 0.05) is 12.8 Å². The Bertz CT molecular complexity index is 373. The van der Waals surface area contributed by atoms with E-state index in [1.165, 1.54) is 19.3 Å². The van der Waals surface area contributed by atoms with Crippen molar-refractivity contribution in [1.82, 2.24) is 0 Å². The van der Waals surface area contributed by atoms with Crippen LogP contribution in [0.4, 0.5) is 0 Å². The minimum Gasteiger partial charge on any atom is -0.495 e. The van der Waals surface area contributed by atoms with Gasteiger partial charge in [0.2, 0.25) is 0 Å². The summed E-state index contributed by atoms with van der Waals surface area (Å²) < 4.78 is 10.9. The van der Waals surface area contributed by atoms with E-state index in [-0.39, 0.29) is 12.2 Å². The summed E-state index contributed by atoms with van der Waals surface area (Å²) >= 11 is 0. The Balaban J connectivity index is 2.33. The third-order valence-corrected chi connectivity index (χ3v) is 3.00. The molecule has 1 rings (SSSR count). The number of nitrogens with zero attached hydrogens (tertiary/aromatic N) is 2. The van der Waals surface area contributed by atoms with Gasteiger partial charge in [-0.1, -0.05) is 6.42 Å². The third kappa shape index (κ3) is 6.77. The Morgan fingerprint density at radius 2 is 2.21 bits per heavy atom. The molecule has 0 saturated heterocycles. The highest BCUT2D eigenvalue weighted by Crippen LogP contribution is 2.20. The van der Waals surface area contributed by atoms with E-state index in [4.69, 9.17) is 15.0 Å². The SMILES string of the molecule is C[C@H](C[C@@H](C)OC1=CCCCCC1)OC(=O)C=[N+]=[N-]. The fourth-order valence-corrected chi connectivity index (χ4v) is 2.19. The lowest BCUT2D eigenvalue weighted by molar-refractivity contribution is -0.144. The van der Waals surface area contributed by atoms with Crippen LogP contribution in [0.15, 0.2) is 11.8 Å². The molecular formula is C14H22N2O3. The van der Waals surface area contributed by atoms with Gasteiger partial charge in [0.25, 0.3) is 0 Å². The second kappa shape index (κ2) is 8.48. The van der Waals surface area contributed by atoms with Gasteiger partial charge in [-0.15, -0.1) is 0 Å². The summed E-state index contributed by atoms with van der Waals surface area (Å²) in [7, 11) is 0. The van der Waals surface area contributed by atoms with Crippen LogP contribution in [0.3, 0.4) is 0 Å². The Morgan fingerprint density at radius 1 is 1.42 bits per heavy atom. The van der Waals surface area contributed by atoms with Gasteiger partial charge in [-0.25, -0.2) is 4.79 Å². The van der Waals surface area contributed by atoms with Crippen LogP contribution >= 0.6 is 0 Å². The Hall–Kier alpha value is -1.61. The van der Waals surface area contributed by atoms with Crippen molar-refractivity contribution in [3.05, 3.63) is 17.4 Å². The second-order valence-electron chi connectivity index (χ2n) is 4.93. The molecule has 19 heavy (non-hydrogen) atoms. The van der Waals surface area contributed by atoms with Crippen molar-refractivity contribution in [3.8, 4) is 0 Å². The summed E-state index contributed by atoms with van der Waals surface area (Å²) in [5, 5.41) is 0. The van der Waals surface area contributed by atoms with Crippen molar-refractivity contribution in [1.29, 1.82) is 0 Å². The molecule has 0 fully saturated rings. The summed E-state index contributed by atoms with van der Waals surface area (Å²) in [6, 6.07) is 0. The zero-order chi connectivity index (χ0) is 14.1. The highest BCUT2D eigenvalue weighted by Gasteiger charge is 2.16. The maximum atomic E-state index is 11.1. The first-order valence-corrected chi connectivity index (χ1v) is 6.85. The molecule has 0 spiro atoms. The molecule has 0 saturated carbocycles. The molecule has 0 aromatic carbocycles. The number of hydrogen-bond acceptors (Lipinski definition) is 3. The maximum Gasteiger partial charge on any atom is 0.413 e. The van der Waals surface area contributed by atoms with Crippen LogP contribution < -0.4 is 0 Å². The zero-order valence-electron chi connectivity index (χ0n) is 11.7. The summed E-state index contributed by atoms with van der Waals surface area (Å²) in [5.41, 5.74) is 8.21. The van der Waals surface area contributed by atoms with Crippen molar-refractivity contribution >= 4 is 12.2 Å². The first-order valence-electron chi connectivity index (χ1n) is 6.85. The molecule has 0 aromatic heterocycles. The molecule has 0 bridgehead atoms. The van der Waals surface area contributed by atoms with E-state index < -0.39 is 5.97 Å². The van der Waals surface area contributed by atoms with Crippen LogP contribution in [0.5, 0.6) is 0 Å². The molecule has 1 aliphatic carbocycles. The van der Waals surface area contributed by atoms with Gasteiger partial charge >= 0.3 is 12.2 Å². The number of allylic oxidation sites excluding steroid dienone is 2. The second-order valence-corrected chi connectivity index (χ2v) is 4.93. The molecule has 0 radical (unpaired) electrons. The average molecular weight is 266 g/mol. The number of carbonyl (C=O) groups is 1. The van der Waals surface area contributed by atoms with Crippen LogP contribution in [0.25, 0.3) is 5.53 Å². The van der Waals surface area contributed by atoms with E-state index >= 15 is 0 Å². The molecule has 0 amide bonds. The fraction of sp³-hybridized carbons (Fsp3) is 0.714. The van der Waals surface area contributed by atoms with Gasteiger partial charge in [-0.3, -0.25) is 0 Å². The van der Waals surface area contributed by atoms with Crippen molar-refractivity contribution in [2.75, 3.05) is 0 Å². The predicted octanol–water partition coefficient (Wildman–Crippen LogP) is 2.86. The third-order valence-electron chi connectivity index (χ3n) is 3.00. The highest BCUT2D eigenvalue weighted by atomic mass is 16.5. The topological polar surface area (TPSA) is 71.9 Å². The summed E-state index contributed by atoms with van der Waals surface area (Å²) in [4.78, 5) is 13.7. The number of ether oxygens (including phenoxy) is 2. The molecule has 0 aliphatic heterocycles. The van der Waals surface area contributed by atoms with E-state index in [0.717, 1.165) is 24.8 Å². The molecule has 0 unspecified atom stereocenters. The largest absolute Gasteiger partial charge is 0.495 e. The first-order chi connectivity index (χ1) is 9.11. The molecule has 5 nitrogen and oxygen atoms in total. The van der Waals surface area contributed by atoms with Gasteiger partial charge < -0.3 is 15.0 Å². The number of rotatable bonds is 6. The lowest BCUT2D eigenvalue weighted by atomic mass is 10.2. The lowest BCUT2D eigenvalue weighted by Crippen LogP contribution is -2.22. The van der Waals surface area contributed by atoms with Gasteiger partial charge in [-0.2, -0.15) is 4.79 Å². The van der Waals surface area contributed by atoms with E-state index in [1.807, 2.05) is 6.92 Å². The average Bonchev–Trinajstić information content (AvgIpc) is 2.57. The zero-order valence-corrected chi connectivity index (χ0v) is 11.7. The van der Waals surface area contributed by atoms with Crippen LogP contribution in [0.2, 0.25) is 0 Å². The van der Waals surface area contributed by atoms with Crippen molar-refractivity contribution < 1.29 is 19.1 Å². The molecule has 106 valence electrons. The van der Waals surface area contributed by atoms with E-state index in [1.54, 1.807) is 6.92 Å². The Kier molecular flexibility index (Phi) is 6.90. The van der Waals surface area contributed by atoms with Crippen molar-refractivity contribution in [2.24, 2.45) is 0 Å². The molecule has 2 atom stereocenters. The monoisotopic (exact) mass is 266 g/mol. The lowest BCUT2D eigenvalue weighted by Gasteiger charge is -2.20. The quantitative estimate of drug-likeness (QED) is 0.321. The Labute approximate surface area is 114 Å². The van der Waals surface area contributed by atoms with Crippen molar-refractivity contribution in [3.63, 3.8) is 0 Å². The maximum absolute atomic E-state index is 11.1. The van der Waals surface area contributed by atoms with Crippen LogP contribution in [0.1, 0.15) is 52.4 Å². The minimum absolute atomic E-state index is 0.00165. The molecule has 0 heterocycles. The molecule has 1 aliphatic rings. The molecule has 5 heteroatoms. The highest BCUT2D eigenvalue weighted by molar-refractivity contribution is 6.20. The van der Waals surface area contributed by atoms with Crippen LogP contribution in [-0.4, -0.2) is 29.2 Å². The van der Waals surface area contributed by atoms with E-state index in [2.05, 4.69) is 10.9 Å². The van der Waals surface area contributed by atoms with Gasteiger partial charge in [-0.05, 0) is 39.2 Å². The molecule has 0 aromatic rings. The summed E-state index contributed by atoms with van der Waals surface area (Å²) in [6.45, 7) is 3.76. The predicted molar refractivity (Wildman–Crippen MR) is 71.6 cm³/mol. The van der Waals surface area contributed by atoms with Gasteiger partial charge in [0.15, 0.2) is 0 Å². The first kappa shape index (κ1) is 15.4. The summed E-state index contributed by atoms with van der Waals surface area (Å²) in [5.74, 6) is 0.413. The Morgan fingerprint density at radius 3 is 2.95 bits per heavy atom. The smallest absolute Gasteiger partial charge is 0.413 e. The van der Waals surface area contributed by atoms with Gasteiger partial charge in [0.1, 0.15) is 6.10 Å². The van der Waals surface area contributed by atoms with E-state index in [0.29, 0.717) is 6.42 Å². The number of hydrogen-bond donors (Lipinski definition) is 0. The number of esters is 1. The molecular weight excluding hydrogens is 244 g/mol. The summed E-state index contributed by atoms with van der Waals surface area (Å²) in [6.07, 6.45) is 8.99. The fourth-order valence-electron chi connectivity index (χ4n) is 2.19. The van der Waals surface area contributed by atoms with Gasteiger partial charge in [0.05, 0.1) is 11.9 Å². The molecule has 0 N–H and O–H groups in total. The normalized spacial score (nSPS) is 18.3. The standard InChI is InChI=1S/C14H22N2O3/c1-11(9-12(2)19-14(17)10-16-15)18-13-7-5-3-4-6-8-13/h7,10-12H,3-6,8-9H2,1-2H3/t11-,12-/m1/s1. The van der Waals surface area contributed by atoms with Crippen LogP contribution in [0, 0.1) is 0 Å². The van der Waals surface area contributed by atoms with Crippen LogP contribution in [-0.2, 0) is 14.3 Å². The number of carbonyl (C=O) groups excluding carboxylic acids is 1. The van der Waals surface area contributed by atoms with E-state index in [9.17, 15) is 4.79 Å². The van der Waals surface area contributed by atoms with Crippen molar-refractivity contribution in [2.45, 2.75) is 64.6 Å². The minimum atomic E-state index is -0.643.